The van der Waals surface area contributed by atoms with E-state index in [2.05, 4.69) is 19.9 Å². The van der Waals surface area contributed by atoms with Gasteiger partial charge in [-0.2, -0.15) is 5.10 Å². The Bertz CT molecular complexity index is 1920. The summed E-state index contributed by atoms with van der Waals surface area (Å²) in [5, 5.41) is 19.7. The van der Waals surface area contributed by atoms with Gasteiger partial charge >= 0.3 is 6.29 Å². The first-order valence-electron chi connectivity index (χ1n) is 14.8. The van der Waals surface area contributed by atoms with Gasteiger partial charge in [0.1, 0.15) is 29.1 Å². The van der Waals surface area contributed by atoms with Crippen LogP contribution in [-0.2, 0) is 15.8 Å². The first kappa shape index (κ1) is 27.7. The molecule has 0 unspecified atom stereocenters. The summed E-state index contributed by atoms with van der Waals surface area (Å²) >= 11 is 0. The van der Waals surface area contributed by atoms with E-state index in [1.165, 1.54) is 18.2 Å². The molecule has 2 aliphatic carbocycles. The summed E-state index contributed by atoms with van der Waals surface area (Å²) in [6.07, 6.45) is 1.54. The third kappa shape index (κ3) is 4.55. The van der Waals surface area contributed by atoms with E-state index in [4.69, 9.17) is 15.5 Å². The number of primary amides is 1. The van der Waals surface area contributed by atoms with Crippen LogP contribution in [0.15, 0.2) is 48.7 Å². The zero-order valence-corrected chi connectivity index (χ0v) is 24.2. The lowest BCUT2D eigenvalue weighted by Gasteiger charge is -2.30. The molecule has 4 aliphatic rings. The normalized spacial score (nSPS) is 22.5. The number of fused-ring (bicyclic) bond motifs is 3. The maximum absolute atomic E-state index is 13.8. The molecule has 1 aromatic carbocycles. The number of carbonyl (C=O) groups is 2. The highest BCUT2D eigenvalue weighted by Crippen LogP contribution is 2.51. The highest BCUT2D eigenvalue weighted by molar-refractivity contribution is 5.95. The van der Waals surface area contributed by atoms with Crippen LogP contribution < -0.4 is 25.3 Å². The number of hydrogen-bond acceptors (Lipinski definition) is 8. The van der Waals surface area contributed by atoms with Gasteiger partial charge in [0.2, 0.25) is 5.91 Å². The third-order valence-electron chi connectivity index (χ3n) is 9.25. The molecule has 232 valence electrons. The quantitative estimate of drug-likeness (QED) is 0.271. The number of carbonyl (C=O) groups excluding carboxylic acids is 2. The van der Waals surface area contributed by atoms with Crippen molar-refractivity contribution in [3.8, 4) is 28.5 Å². The van der Waals surface area contributed by atoms with Crippen molar-refractivity contribution in [1.82, 2.24) is 19.9 Å². The van der Waals surface area contributed by atoms with Gasteiger partial charge in [-0.1, -0.05) is 0 Å². The molecular formula is C32H29F2N5O6. The third-order valence-corrected chi connectivity index (χ3v) is 9.25. The lowest BCUT2D eigenvalue weighted by molar-refractivity contribution is -0.286. The number of alkyl halides is 2. The summed E-state index contributed by atoms with van der Waals surface area (Å²) in [6, 6.07) is 11.2. The molecule has 4 N–H and O–H groups in total. The summed E-state index contributed by atoms with van der Waals surface area (Å²) < 4.78 is 44.4. The van der Waals surface area contributed by atoms with Gasteiger partial charge in [-0.3, -0.25) is 9.59 Å². The number of ether oxygens (including phenoxy) is 3. The molecular weight excluding hydrogens is 588 g/mol. The Morgan fingerprint density at radius 1 is 1.11 bits per heavy atom. The van der Waals surface area contributed by atoms with Crippen LogP contribution in [0.1, 0.15) is 65.8 Å². The predicted octanol–water partition coefficient (Wildman–Crippen LogP) is 3.76. The summed E-state index contributed by atoms with van der Waals surface area (Å²) in [5.74, 6) is -0.874. The van der Waals surface area contributed by atoms with Crippen molar-refractivity contribution in [2.24, 2.45) is 11.7 Å². The fourth-order valence-electron chi connectivity index (χ4n) is 6.16. The number of nitrogens with zero attached hydrogens (tertiary/aromatic N) is 3. The predicted molar refractivity (Wildman–Crippen MR) is 154 cm³/mol. The van der Waals surface area contributed by atoms with Gasteiger partial charge < -0.3 is 30.4 Å². The number of rotatable bonds is 8. The highest BCUT2D eigenvalue weighted by atomic mass is 19.3. The number of pyridine rings is 2. The average molecular weight is 618 g/mol. The van der Waals surface area contributed by atoms with Crippen LogP contribution >= 0.6 is 0 Å². The second-order valence-electron chi connectivity index (χ2n) is 12.6. The zero-order valence-electron chi connectivity index (χ0n) is 24.2. The maximum Gasteiger partial charge on any atom is 0.586 e. The van der Waals surface area contributed by atoms with Crippen molar-refractivity contribution in [3.05, 3.63) is 71.2 Å². The Hall–Kier alpha value is -4.78. The molecule has 11 nitrogen and oxygen atoms in total. The molecule has 0 spiro atoms. The largest absolute Gasteiger partial charge is 0.586 e. The number of halogens is 2. The Labute approximate surface area is 255 Å². The molecule has 45 heavy (non-hydrogen) atoms. The molecule has 2 atom stereocenters. The van der Waals surface area contributed by atoms with Gasteiger partial charge in [0.25, 0.3) is 5.91 Å². The molecule has 0 saturated heterocycles. The van der Waals surface area contributed by atoms with Crippen LogP contribution in [0, 0.1) is 5.92 Å². The number of amides is 2. The Morgan fingerprint density at radius 2 is 1.89 bits per heavy atom. The summed E-state index contributed by atoms with van der Waals surface area (Å²) in [6.45, 7) is 1.39. The van der Waals surface area contributed by atoms with Crippen LogP contribution in [0.3, 0.4) is 0 Å². The molecule has 0 bridgehead atoms. The lowest BCUT2D eigenvalue weighted by atomic mass is 9.81. The molecule has 4 aromatic rings. The lowest BCUT2D eigenvalue weighted by Crippen LogP contribution is -2.44. The molecule has 2 aliphatic heterocycles. The van der Waals surface area contributed by atoms with Crippen molar-refractivity contribution in [3.63, 3.8) is 0 Å². The minimum atomic E-state index is -3.81. The highest BCUT2D eigenvalue weighted by Gasteiger charge is 2.50. The van der Waals surface area contributed by atoms with E-state index >= 15 is 0 Å². The Balaban J connectivity index is 1.15. The second kappa shape index (κ2) is 9.36. The molecule has 2 fully saturated rings. The number of nitrogens with two attached hydrogens (primary N) is 1. The van der Waals surface area contributed by atoms with E-state index in [-0.39, 0.29) is 53.6 Å². The van der Waals surface area contributed by atoms with E-state index in [0.29, 0.717) is 35.4 Å². The van der Waals surface area contributed by atoms with Crippen LogP contribution in [-0.4, -0.2) is 51.0 Å². The van der Waals surface area contributed by atoms with E-state index in [0.717, 1.165) is 24.1 Å². The molecule has 8 rings (SSSR count). The van der Waals surface area contributed by atoms with Gasteiger partial charge in [0.15, 0.2) is 11.5 Å². The number of nitrogens with one attached hydrogen (secondary N) is 1. The van der Waals surface area contributed by atoms with Gasteiger partial charge in [-0.05, 0) is 81.0 Å². The van der Waals surface area contributed by atoms with E-state index in [1.807, 2.05) is 6.07 Å². The van der Waals surface area contributed by atoms with Crippen molar-refractivity contribution >= 4 is 17.3 Å². The van der Waals surface area contributed by atoms with Crippen LogP contribution in [0.25, 0.3) is 16.8 Å². The fraction of sp³-hybridized carbons (Fsp3) is 0.375. The van der Waals surface area contributed by atoms with Crippen molar-refractivity contribution in [2.45, 2.75) is 55.8 Å². The fourth-order valence-corrected chi connectivity index (χ4v) is 6.16. The van der Waals surface area contributed by atoms with Gasteiger partial charge in [0.05, 0.1) is 23.4 Å². The second-order valence-corrected chi connectivity index (χ2v) is 12.6. The number of hydrogen-bond donors (Lipinski definition) is 3. The molecule has 5 heterocycles. The van der Waals surface area contributed by atoms with E-state index in [1.54, 1.807) is 35.8 Å². The standard InChI is InChI=1S/C32H29F2N5O6/c1-30(29(35)41)15-43-27-21(30)13-25(37-26(27)17-4-7-23-24(11-17)45-32(33,34)44-23)31(42,19-5-6-19)14-36-28(40)18-8-9-39-20(10-18)12-22(38-39)16-2-3-16/h4,7-13,16,19,42H,2-3,5-6,14-15H2,1H3,(H2,35,41)(H,36,40)/t30-,31+/m0/s1. The molecule has 3 aromatic heterocycles. The van der Waals surface area contributed by atoms with E-state index < -0.39 is 23.2 Å². The molecule has 2 saturated carbocycles. The molecule has 2 amide bonds. The van der Waals surface area contributed by atoms with Crippen LogP contribution in [0.4, 0.5) is 8.78 Å². The summed E-state index contributed by atoms with van der Waals surface area (Å²) in [7, 11) is 0. The first-order valence-corrected chi connectivity index (χ1v) is 14.8. The average Bonchev–Trinajstić information content (AvgIpc) is 3.94. The van der Waals surface area contributed by atoms with Crippen LogP contribution in [0.2, 0.25) is 0 Å². The van der Waals surface area contributed by atoms with Crippen molar-refractivity contribution in [2.75, 3.05) is 13.2 Å². The molecule has 0 radical (unpaired) electrons. The van der Waals surface area contributed by atoms with Crippen LogP contribution in [0.5, 0.6) is 17.2 Å². The van der Waals surface area contributed by atoms with Gasteiger partial charge in [-0.25, -0.2) is 9.50 Å². The summed E-state index contributed by atoms with van der Waals surface area (Å²) in [5.41, 5.74) is 6.31. The summed E-state index contributed by atoms with van der Waals surface area (Å²) in [4.78, 5) is 30.8. The van der Waals surface area contributed by atoms with Gasteiger partial charge in [-0.15, -0.1) is 8.78 Å². The Kier molecular flexibility index (Phi) is 5.77. The Morgan fingerprint density at radius 3 is 2.62 bits per heavy atom. The zero-order chi connectivity index (χ0) is 31.3. The number of aromatic nitrogens is 3. The molecule has 13 heteroatoms. The minimum Gasteiger partial charge on any atom is -0.489 e. The number of aliphatic hydroxyl groups is 1. The minimum absolute atomic E-state index is 0.0729. The van der Waals surface area contributed by atoms with Crippen molar-refractivity contribution in [1.29, 1.82) is 0 Å². The van der Waals surface area contributed by atoms with Crippen molar-refractivity contribution < 1.29 is 37.7 Å². The monoisotopic (exact) mass is 617 g/mol. The topological polar surface area (TPSA) is 150 Å². The SMILES string of the molecule is C[C@]1(C(N)=O)COc2c1cc([C@@](O)(CNC(=O)c1ccn3nc(C4CC4)cc3c1)C1CC1)nc2-c1ccc2c(c1)OC(F)(F)O2. The smallest absolute Gasteiger partial charge is 0.489 e. The number of benzene rings is 1. The van der Waals surface area contributed by atoms with E-state index in [9.17, 15) is 23.5 Å². The van der Waals surface area contributed by atoms with Gasteiger partial charge in [0, 0.05) is 28.8 Å². The maximum atomic E-state index is 13.8. The first-order chi connectivity index (χ1) is 21.4.